The zero-order valence-corrected chi connectivity index (χ0v) is 18.2. The molecule has 1 N–H and O–H groups in total. The Labute approximate surface area is 183 Å². The van der Waals surface area contributed by atoms with Gasteiger partial charge >= 0.3 is 5.97 Å². The number of benzene rings is 1. The maximum atomic E-state index is 13.6. The van der Waals surface area contributed by atoms with Crippen molar-refractivity contribution in [2.75, 3.05) is 0 Å². The van der Waals surface area contributed by atoms with Gasteiger partial charge in [0.25, 0.3) is 0 Å². The highest BCUT2D eigenvalue weighted by Gasteiger charge is 2.37. The van der Waals surface area contributed by atoms with E-state index in [-0.39, 0.29) is 29.7 Å². The van der Waals surface area contributed by atoms with Crippen LogP contribution in [0.15, 0.2) is 54.4 Å². The Morgan fingerprint density at radius 1 is 1.13 bits per heavy atom. The summed E-state index contributed by atoms with van der Waals surface area (Å²) in [5.74, 6) is -0.206. The van der Waals surface area contributed by atoms with Gasteiger partial charge in [0.2, 0.25) is 0 Å². The molecule has 0 amide bonds. The Hall–Kier alpha value is -2.53. The lowest BCUT2D eigenvalue weighted by Crippen LogP contribution is -2.33. The number of carbonyl (C=O) groups is 1. The number of aliphatic hydroxyl groups is 1. The number of ether oxygens (including phenoxy) is 1. The lowest BCUT2D eigenvalue weighted by atomic mass is 9.64. The molecule has 1 aromatic heterocycles. The monoisotopic (exact) mass is 423 g/mol. The zero-order valence-electron chi connectivity index (χ0n) is 18.2. The molecule has 4 rings (SSSR count). The van der Waals surface area contributed by atoms with E-state index in [1.165, 1.54) is 28.8 Å². The first-order valence-electron chi connectivity index (χ1n) is 11.1. The van der Waals surface area contributed by atoms with Crippen LogP contribution in [0.2, 0.25) is 0 Å². The van der Waals surface area contributed by atoms with Gasteiger partial charge in [0.05, 0.1) is 12.5 Å². The van der Waals surface area contributed by atoms with E-state index in [4.69, 9.17) is 4.74 Å². The summed E-state index contributed by atoms with van der Waals surface area (Å²) in [4.78, 5) is 15.9. The molecule has 0 spiro atoms. The van der Waals surface area contributed by atoms with Crippen LogP contribution in [-0.4, -0.2) is 28.3 Å². The molecule has 1 fully saturated rings. The molecule has 3 atom stereocenters. The van der Waals surface area contributed by atoms with E-state index in [0.717, 1.165) is 24.8 Å². The predicted molar refractivity (Wildman–Crippen MR) is 118 cm³/mol. The number of allylic oxidation sites excluding steroid dienone is 2. The topological polar surface area (TPSA) is 59.4 Å². The first-order chi connectivity index (χ1) is 14.8. The summed E-state index contributed by atoms with van der Waals surface area (Å²) in [7, 11) is 0. The number of halogens is 1. The molecule has 0 bridgehead atoms. The molecule has 31 heavy (non-hydrogen) atoms. The molecule has 5 heteroatoms. The lowest BCUT2D eigenvalue weighted by molar-refractivity contribution is -0.160. The van der Waals surface area contributed by atoms with Gasteiger partial charge in [-0.1, -0.05) is 31.6 Å². The van der Waals surface area contributed by atoms with Gasteiger partial charge in [-0.15, -0.1) is 0 Å². The number of esters is 1. The van der Waals surface area contributed by atoms with E-state index in [1.54, 1.807) is 0 Å². The molecule has 1 unspecified atom stereocenters. The molecule has 2 aromatic rings. The van der Waals surface area contributed by atoms with Gasteiger partial charge in [0.1, 0.15) is 11.9 Å². The van der Waals surface area contributed by atoms with Crippen molar-refractivity contribution in [3.8, 4) is 0 Å². The average Bonchev–Trinajstić information content (AvgIpc) is 2.72. The lowest BCUT2D eigenvalue weighted by Gasteiger charge is -2.41. The minimum atomic E-state index is -0.618. The van der Waals surface area contributed by atoms with E-state index >= 15 is 0 Å². The third-order valence-corrected chi connectivity index (χ3v) is 6.71. The summed E-state index contributed by atoms with van der Waals surface area (Å²) >= 11 is 0. The van der Waals surface area contributed by atoms with Crippen molar-refractivity contribution in [3.05, 3.63) is 71.3 Å². The Balaban J connectivity index is 1.66. The summed E-state index contributed by atoms with van der Waals surface area (Å²) in [6, 6.07) is 10.9. The van der Waals surface area contributed by atoms with Crippen LogP contribution in [0.1, 0.15) is 69.4 Å². The Morgan fingerprint density at radius 2 is 1.84 bits per heavy atom. The molecular formula is C26H30FNO3. The molecule has 2 aliphatic rings. The smallest absolute Gasteiger partial charge is 0.308 e. The van der Waals surface area contributed by atoms with Gasteiger partial charge in [-0.05, 0) is 78.0 Å². The summed E-state index contributed by atoms with van der Waals surface area (Å²) in [5, 5.41) is 9.95. The van der Waals surface area contributed by atoms with Crippen LogP contribution in [0.25, 0.3) is 5.57 Å². The van der Waals surface area contributed by atoms with E-state index in [9.17, 15) is 14.3 Å². The Bertz CT molecular complexity index is 952. The molecule has 2 heterocycles. The van der Waals surface area contributed by atoms with Crippen LogP contribution in [0.4, 0.5) is 4.39 Å². The molecule has 4 nitrogen and oxygen atoms in total. The minimum absolute atomic E-state index is 0.0623. The number of hydrogen-bond acceptors (Lipinski definition) is 4. The normalized spacial score (nSPS) is 25.9. The highest BCUT2D eigenvalue weighted by atomic mass is 19.1. The highest BCUT2D eigenvalue weighted by Crippen LogP contribution is 2.51. The highest BCUT2D eigenvalue weighted by molar-refractivity contribution is 5.72. The number of aromatic nitrogens is 1. The van der Waals surface area contributed by atoms with E-state index < -0.39 is 6.10 Å². The van der Waals surface area contributed by atoms with Gasteiger partial charge < -0.3 is 9.84 Å². The van der Waals surface area contributed by atoms with E-state index in [2.05, 4.69) is 31.0 Å². The van der Waals surface area contributed by atoms with Crippen LogP contribution in [0.3, 0.4) is 0 Å². The van der Waals surface area contributed by atoms with Crippen LogP contribution in [0, 0.1) is 11.2 Å². The number of rotatable bonds is 5. The quantitative estimate of drug-likeness (QED) is 0.652. The maximum absolute atomic E-state index is 13.6. The third kappa shape index (κ3) is 5.04. The fourth-order valence-electron chi connectivity index (χ4n) is 5.24. The number of aliphatic hydroxyl groups excluding tert-OH is 1. The molecule has 1 saturated heterocycles. The van der Waals surface area contributed by atoms with Crippen molar-refractivity contribution in [1.29, 1.82) is 0 Å². The summed E-state index contributed by atoms with van der Waals surface area (Å²) in [6.07, 6.45) is 6.72. The first kappa shape index (κ1) is 21.7. The largest absolute Gasteiger partial charge is 0.462 e. The number of cyclic esters (lactones) is 1. The van der Waals surface area contributed by atoms with Crippen molar-refractivity contribution in [1.82, 2.24) is 4.98 Å². The Morgan fingerprint density at radius 3 is 2.52 bits per heavy atom. The van der Waals surface area contributed by atoms with E-state index in [0.29, 0.717) is 18.8 Å². The standard InChI is InChI=1S/C26H30FNO3/c1-26(2)16-19(17-9-11-28-12-10-17)13-23(18-3-5-20(27)6-4-18)24(26)8-7-22-14-21(29)15-25(30)31-22/h3-6,9-12,19,21-22,29H,7-8,13-16H2,1-2H3/t19?,21-,22-/m0/s1. The molecule has 0 saturated carbocycles. The molecule has 1 aromatic carbocycles. The van der Waals surface area contributed by atoms with Gasteiger partial charge in [-0.3, -0.25) is 9.78 Å². The number of carbonyl (C=O) groups excluding carboxylic acids is 1. The third-order valence-electron chi connectivity index (χ3n) is 6.71. The summed E-state index contributed by atoms with van der Waals surface area (Å²) in [6.45, 7) is 4.53. The second kappa shape index (κ2) is 8.91. The second-order valence-electron chi connectivity index (χ2n) is 9.48. The van der Waals surface area contributed by atoms with E-state index in [1.807, 2.05) is 24.5 Å². The van der Waals surface area contributed by atoms with Crippen LogP contribution in [0.5, 0.6) is 0 Å². The van der Waals surface area contributed by atoms with Crippen molar-refractivity contribution >= 4 is 11.5 Å². The molecular weight excluding hydrogens is 393 g/mol. The minimum Gasteiger partial charge on any atom is -0.462 e. The van der Waals surface area contributed by atoms with Gasteiger partial charge in [-0.25, -0.2) is 4.39 Å². The van der Waals surface area contributed by atoms with Crippen molar-refractivity contribution in [2.45, 2.75) is 70.5 Å². The van der Waals surface area contributed by atoms with Crippen molar-refractivity contribution < 1.29 is 19.0 Å². The second-order valence-corrected chi connectivity index (χ2v) is 9.48. The van der Waals surface area contributed by atoms with Gasteiger partial charge in [-0.2, -0.15) is 0 Å². The fraction of sp³-hybridized carbons (Fsp3) is 0.462. The molecule has 1 aliphatic heterocycles. The SMILES string of the molecule is CC1(C)CC(c2ccncc2)CC(c2ccc(F)cc2)=C1CC[C@H]1C[C@H](O)CC(=O)O1. The van der Waals surface area contributed by atoms with Gasteiger partial charge in [0.15, 0.2) is 0 Å². The summed E-state index contributed by atoms with van der Waals surface area (Å²) in [5.41, 5.74) is 4.84. The van der Waals surface area contributed by atoms with Crippen LogP contribution in [-0.2, 0) is 9.53 Å². The number of hydrogen-bond donors (Lipinski definition) is 1. The van der Waals surface area contributed by atoms with Gasteiger partial charge in [0, 0.05) is 18.8 Å². The predicted octanol–water partition coefficient (Wildman–Crippen LogP) is 5.42. The van der Waals surface area contributed by atoms with Crippen molar-refractivity contribution in [3.63, 3.8) is 0 Å². The number of nitrogens with zero attached hydrogens (tertiary/aromatic N) is 1. The van der Waals surface area contributed by atoms with Crippen molar-refractivity contribution in [2.24, 2.45) is 5.41 Å². The molecule has 164 valence electrons. The summed E-state index contributed by atoms with van der Waals surface area (Å²) < 4.78 is 19.1. The van der Waals surface area contributed by atoms with Crippen LogP contribution >= 0.6 is 0 Å². The maximum Gasteiger partial charge on any atom is 0.308 e. The fourth-order valence-corrected chi connectivity index (χ4v) is 5.24. The average molecular weight is 424 g/mol. The first-order valence-corrected chi connectivity index (χ1v) is 11.1. The zero-order chi connectivity index (χ0) is 22.0. The van der Waals surface area contributed by atoms with Crippen LogP contribution < -0.4 is 0 Å². The number of pyridine rings is 1. The molecule has 0 radical (unpaired) electrons. The Kier molecular flexibility index (Phi) is 6.24. The molecule has 1 aliphatic carbocycles.